The lowest BCUT2D eigenvalue weighted by atomic mass is 10.1. The lowest BCUT2D eigenvalue weighted by Crippen LogP contribution is -2.51. The monoisotopic (exact) mass is 461 g/mol. The molecule has 1 aromatic carbocycles. The highest BCUT2D eigenvalue weighted by atomic mass is 35.5. The Bertz CT molecular complexity index is 937. The number of carbonyl (C=O) groups is 2. The van der Waals surface area contributed by atoms with Crippen LogP contribution in [0, 0.1) is 0 Å². The second-order valence-electron chi connectivity index (χ2n) is 6.92. The average molecular weight is 462 g/mol. The van der Waals surface area contributed by atoms with Crippen molar-refractivity contribution < 1.29 is 23.1 Å². The van der Waals surface area contributed by atoms with Crippen molar-refractivity contribution in [2.24, 2.45) is 0 Å². The number of nitrogens with one attached hydrogen (secondary N) is 1. The number of hydrogen-bond acceptors (Lipinski definition) is 5. The zero-order valence-electron chi connectivity index (χ0n) is 15.4. The van der Waals surface area contributed by atoms with Crippen molar-refractivity contribution in [2.75, 3.05) is 13.1 Å². The van der Waals surface area contributed by atoms with E-state index in [1.165, 1.54) is 30.6 Å². The number of carbonyl (C=O) groups excluding carboxylic acids is 2. The molecular formula is C18H21Cl2N3O5S. The molecule has 0 aliphatic carbocycles. The quantitative estimate of drug-likeness (QED) is 0.709. The molecule has 1 fully saturated rings. The Balaban J connectivity index is 1.84. The van der Waals surface area contributed by atoms with Crippen LogP contribution in [0.25, 0.3) is 0 Å². The van der Waals surface area contributed by atoms with E-state index in [-0.39, 0.29) is 27.3 Å². The molecule has 29 heavy (non-hydrogen) atoms. The van der Waals surface area contributed by atoms with Crippen molar-refractivity contribution in [1.82, 2.24) is 14.5 Å². The van der Waals surface area contributed by atoms with E-state index in [1.807, 2.05) is 0 Å². The van der Waals surface area contributed by atoms with E-state index in [1.54, 1.807) is 4.90 Å². The van der Waals surface area contributed by atoms with Crippen LogP contribution in [0.2, 0.25) is 10.0 Å². The van der Waals surface area contributed by atoms with Crippen LogP contribution in [-0.2, 0) is 19.6 Å². The van der Waals surface area contributed by atoms with Gasteiger partial charge in [0.1, 0.15) is 6.04 Å². The Labute approximate surface area is 179 Å². The minimum Gasteiger partial charge on any atom is -0.393 e. The van der Waals surface area contributed by atoms with Gasteiger partial charge in [0.15, 0.2) is 0 Å². The Morgan fingerprint density at radius 2 is 1.97 bits per heavy atom. The van der Waals surface area contributed by atoms with E-state index < -0.39 is 28.1 Å². The molecule has 2 N–H and O–H groups in total. The first-order chi connectivity index (χ1) is 13.7. The number of aliphatic hydroxyl groups is 1. The Hall–Kier alpha value is -1.81. The molecule has 0 bridgehead atoms. The number of nitrogens with zero attached hydrogens (tertiary/aromatic N) is 2. The number of hydrogen-bond donors (Lipinski definition) is 2. The van der Waals surface area contributed by atoms with Gasteiger partial charge in [-0.25, -0.2) is 8.42 Å². The second kappa shape index (κ2) is 8.91. The summed E-state index contributed by atoms with van der Waals surface area (Å²) in [4.78, 5) is 26.6. The highest BCUT2D eigenvalue weighted by Crippen LogP contribution is 2.29. The number of halogens is 2. The zero-order valence-corrected chi connectivity index (χ0v) is 17.8. The lowest BCUT2D eigenvalue weighted by Gasteiger charge is -2.32. The molecule has 8 nitrogen and oxygen atoms in total. The fourth-order valence-corrected chi connectivity index (χ4v) is 5.16. The maximum Gasteiger partial charge on any atom is 0.264 e. The van der Waals surface area contributed by atoms with Gasteiger partial charge in [0.2, 0.25) is 11.8 Å². The van der Waals surface area contributed by atoms with E-state index in [2.05, 4.69) is 5.32 Å². The molecule has 1 saturated heterocycles. The van der Waals surface area contributed by atoms with Crippen LogP contribution >= 0.6 is 23.2 Å². The summed E-state index contributed by atoms with van der Waals surface area (Å²) in [5.41, 5.74) is 0. The molecule has 0 saturated carbocycles. The first-order valence-electron chi connectivity index (χ1n) is 9.11. The molecule has 0 aromatic heterocycles. The van der Waals surface area contributed by atoms with Gasteiger partial charge in [-0.2, -0.15) is 0 Å². The fourth-order valence-electron chi connectivity index (χ4n) is 3.32. The number of likely N-dealkylation sites (tertiary alicyclic amines) is 1. The summed E-state index contributed by atoms with van der Waals surface area (Å²) in [5.74, 6) is -0.941. The van der Waals surface area contributed by atoms with Gasteiger partial charge in [-0.3, -0.25) is 13.9 Å². The number of amides is 2. The summed E-state index contributed by atoms with van der Waals surface area (Å²) in [5, 5.41) is 12.5. The molecule has 0 unspecified atom stereocenters. The Kier molecular flexibility index (Phi) is 6.72. The van der Waals surface area contributed by atoms with Crippen LogP contribution < -0.4 is 5.32 Å². The molecule has 2 aliphatic rings. The van der Waals surface area contributed by atoms with Gasteiger partial charge in [0.25, 0.3) is 10.0 Å². The average Bonchev–Trinajstić information content (AvgIpc) is 2.90. The van der Waals surface area contributed by atoms with E-state index in [9.17, 15) is 23.1 Å². The predicted octanol–water partition coefficient (Wildman–Crippen LogP) is 1.72. The molecular weight excluding hydrogens is 441 g/mol. The van der Waals surface area contributed by atoms with Crippen molar-refractivity contribution in [3.63, 3.8) is 0 Å². The van der Waals surface area contributed by atoms with Crippen LogP contribution in [-0.4, -0.2) is 59.8 Å². The van der Waals surface area contributed by atoms with Gasteiger partial charge < -0.3 is 15.3 Å². The lowest BCUT2D eigenvalue weighted by molar-refractivity contribution is -0.135. The largest absolute Gasteiger partial charge is 0.393 e. The van der Waals surface area contributed by atoms with E-state index in [4.69, 9.17) is 23.2 Å². The van der Waals surface area contributed by atoms with Crippen LogP contribution in [0.4, 0.5) is 0 Å². The summed E-state index contributed by atoms with van der Waals surface area (Å²) in [7, 11) is -4.14. The molecule has 0 spiro atoms. The minimum absolute atomic E-state index is 0.0638. The molecule has 1 aromatic rings. The number of benzene rings is 1. The number of rotatable bonds is 4. The van der Waals surface area contributed by atoms with E-state index in [0.29, 0.717) is 32.4 Å². The molecule has 3 rings (SSSR count). The van der Waals surface area contributed by atoms with Gasteiger partial charge in [-0.1, -0.05) is 23.2 Å². The summed E-state index contributed by atoms with van der Waals surface area (Å²) in [6, 6.07) is 2.61. The predicted molar refractivity (Wildman–Crippen MR) is 108 cm³/mol. The van der Waals surface area contributed by atoms with Crippen molar-refractivity contribution in [1.29, 1.82) is 0 Å². The van der Waals surface area contributed by atoms with Crippen molar-refractivity contribution in [2.45, 2.75) is 42.7 Å². The summed E-state index contributed by atoms with van der Waals surface area (Å²) < 4.78 is 27.1. The van der Waals surface area contributed by atoms with Crippen molar-refractivity contribution in [3.05, 3.63) is 40.6 Å². The molecule has 11 heteroatoms. The van der Waals surface area contributed by atoms with Gasteiger partial charge in [-0.15, -0.1) is 0 Å². The number of sulfonamides is 1. The van der Waals surface area contributed by atoms with Gasteiger partial charge >= 0.3 is 0 Å². The maximum absolute atomic E-state index is 13.1. The molecule has 2 amide bonds. The van der Waals surface area contributed by atoms with E-state index in [0.717, 1.165) is 4.31 Å². The maximum atomic E-state index is 13.1. The topological polar surface area (TPSA) is 107 Å². The molecule has 158 valence electrons. The SMILES string of the molecule is O=C1NC=CN(S(=O)(=O)c2ccc(Cl)c(Cl)c2)[C@@H]1CC(=O)N1CCC[C@H](O)CC1. The van der Waals surface area contributed by atoms with Crippen LogP contribution in [0.3, 0.4) is 0 Å². The molecule has 0 radical (unpaired) electrons. The second-order valence-corrected chi connectivity index (χ2v) is 9.58. The minimum atomic E-state index is -4.14. The van der Waals surface area contributed by atoms with Crippen LogP contribution in [0.15, 0.2) is 35.5 Å². The molecule has 2 atom stereocenters. The van der Waals surface area contributed by atoms with Crippen LogP contribution in [0.1, 0.15) is 25.7 Å². The molecule has 2 aliphatic heterocycles. The van der Waals surface area contributed by atoms with Crippen LogP contribution in [0.5, 0.6) is 0 Å². The standard InChI is InChI=1S/C18H21Cl2N3O5S/c19-14-4-3-13(10-15(14)20)29(27,28)23-9-6-21-18(26)16(23)11-17(25)22-7-1-2-12(24)5-8-22/h3-4,6,9-10,12,16,24H,1-2,5,7-8,11H2,(H,21,26)/t12-,16+/m0/s1. The Morgan fingerprint density at radius 1 is 1.21 bits per heavy atom. The summed E-state index contributed by atoms with van der Waals surface area (Å²) in [6.07, 6.45) is 3.36. The number of aliphatic hydroxyl groups excluding tert-OH is 1. The zero-order chi connectivity index (χ0) is 21.2. The first kappa shape index (κ1) is 21.9. The first-order valence-corrected chi connectivity index (χ1v) is 11.3. The Morgan fingerprint density at radius 3 is 2.69 bits per heavy atom. The normalized spacial score (nSPS) is 22.9. The molecule has 2 heterocycles. The third-order valence-corrected chi connectivity index (χ3v) is 7.46. The third kappa shape index (κ3) is 4.85. The smallest absolute Gasteiger partial charge is 0.264 e. The van der Waals surface area contributed by atoms with Gasteiger partial charge in [0, 0.05) is 25.5 Å². The van der Waals surface area contributed by atoms with Crippen molar-refractivity contribution in [3.8, 4) is 0 Å². The van der Waals surface area contributed by atoms with Crippen molar-refractivity contribution >= 4 is 45.0 Å². The highest BCUT2D eigenvalue weighted by Gasteiger charge is 2.38. The van der Waals surface area contributed by atoms with Gasteiger partial charge in [-0.05, 0) is 37.5 Å². The highest BCUT2D eigenvalue weighted by molar-refractivity contribution is 7.89. The van der Waals surface area contributed by atoms with Gasteiger partial charge in [0.05, 0.1) is 27.5 Å². The fraction of sp³-hybridized carbons (Fsp3) is 0.444. The third-order valence-electron chi connectivity index (χ3n) is 4.94. The summed E-state index contributed by atoms with van der Waals surface area (Å²) in [6.45, 7) is 0.823. The van der Waals surface area contributed by atoms with E-state index >= 15 is 0 Å². The summed E-state index contributed by atoms with van der Waals surface area (Å²) >= 11 is 11.8.